The maximum absolute atomic E-state index is 10.8. The second kappa shape index (κ2) is 12.4. The predicted molar refractivity (Wildman–Crippen MR) is 142 cm³/mol. The third-order valence-corrected chi connectivity index (χ3v) is 6.31. The highest BCUT2D eigenvalue weighted by Crippen LogP contribution is 2.24. The van der Waals surface area contributed by atoms with Crippen molar-refractivity contribution in [2.45, 2.75) is 25.9 Å². The number of hydrogen-bond acceptors (Lipinski definition) is 8. The number of aldehydes is 1. The Morgan fingerprint density at radius 1 is 1.09 bits per heavy atom. The van der Waals surface area contributed by atoms with Gasteiger partial charge in [-0.05, 0) is 67.4 Å². The normalized spacial score (nSPS) is 16.7. The van der Waals surface area contributed by atoms with Crippen LogP contribution in [-0.4, -0.2) is 71.4 Å². The van der Waals surface area contributed by atoms with Crippen LogP contribution in [0, 0.1) is 0 Å². The number of carbonyl (C=O) groups is 1. The number of piperazine rings is 1. The molecule has 4 rings (SSSR count). The number of rotatable bonds is 11. The van der Waals surface area contributed by atoms with E-state index >= 15 is 0 Å². The van der Waals surface area contributed by atoms with Crippen molar-refractivity contribution in [1.82, 2.24) is 19.8 Å². The molecule has 4 N–H and O–H groups in total. The number of nitrogens with two attached hydrogens (primary N) is 1. The number of carbonyl (C=O) groups excluding carboxylic acids is 1. The summed E-state index contributed by atoms with van der Waals surface area (Å²) >= 11 is 0. The molecule has 0 radical (unpaired) electrons. The summed E-state index contributed by atoms with van der Waals surface area (Å²) in [7, 11) is 0. The molecule has 1 aliphatic heterocycles. The van der Waals surface area contributed by atoms with Crippen molar-refractivity contribution in [3.8, 4) is 11.1 Å². The Balaban J connectivity index is 1.38. The third-order valence-electron chi connectivity index (χ3n) is 6.31. The lowest BCUT2D eigenvalue weighted by atomic mass is 10.1. The van der Waals surface area contributed by atoms with Crippen molar-refractivity contribution >= 4 is 23.6 Å². The first kappa shape index (κ1) is 24.8. The molecule has 1 atom stereocenters. The van der Waals surface area contributed by atoms with Gasteiger partial charge in [0.25, 0.3) is 0 Å². The van der Waals surface area contributed by atoms with Crippen molar-refractivity contribution in [1.29, 1.82) is 0 Å². The zero-order valence-electron chi connectivity index (χ0n) is 20.4. The van der Waals surface area contributed by atoms with Gasteiger partial charge in [-0.3, -0.25) is 9.80 Å². The van der Waals surface area contributed by atoms with Crippen LogP contribution in [0.1, 0.15) is 18.9 Å². The molecule has 184 valence electrons. The predicted octanol–water partition coefficient (Wildman–Crippen LogP) is 3.35. The van der Waals surface area contributed by atoms with Crippen molar-refractivity contribution in [3.63, 3.8) is 0 Å². The maximum atomic E-state index is 10.8. The summed E-state index contributed by atoms with van der Waals surface area (Å²) in [5, 5.41) is 6.73. The number of hydrogen-bond donors (Lipinski definition) is 3. The molecule has 0 saturated carbocycles. The molecule has 8 heteroatoms. The van der Waals surface area contributed by atoms with Crippen LogP contribution in [0.2, 0.25) is 0 Å². The molecule has 1 aromatic carbocycles. The molecule has 0 amide bonds. The minimum atomic E-state index is 0.412. The fraction of sp³-hybridized carbons (Fsp3) is 0.370. The second-order valence-corrected chi connectivity index (χ2v) is 9.00. The van der Waals surface area contributed by atoms with Crippen LogP contribution in [-0.2, 0) is 11.3 Å². The molecule has 3 heterocycles. The Morgan fingerprint density at radius 2 is 2.00 bits per heavy atom. The van der Waals surface area contributed by atoms with Crippen molar-refractivity contribution < 1.29 is 4.79 Å². The van der Waals surface area contributed by atoms with E-state index < -0.39 is 0 Å². The van der Waals surface area contributed by atoms with Crippen LogP contribution in [0.5, 0.6) is 0 Å². The fourth-order valence-corrected chi connectivity index (χ4v) is 4.37. The van der Waals surface area contributed by atoms with Gasteiger partial charge in [0.15, 0.2) is 0 Å². The van der Waals surface area contributed by atoms with E-state index in [0.29, 0.717) is 19.1 Å². The Hall–Kier alpha value is -3.33. The molecule has 1 fully saturated rings. The first-order valence-corrected chi connectivity index (χ1v) is 12.3. The molecule has 35 heavy (non-hydrogen) atoms. The Bertz CT molecular complexity index is 1090. The minimum Gasteiger partial charge on any atom is -0.370 e. The molecular weight excluding hydrogens is 438 g/mol. The highest BCUT2D eigenvalue weighted by Gasteiger charge is 2.23. The molecule has 0 bridgehead atoms. The van der Waals surface area contributed by atoms with Crippen LogP contribution in [0.15, 0.2) is 60.9 Å². The van der Waals surface area contributed by atoms with E-state index in [4.69, 9.17) is 5.73 Å². The molecule has 2 aromatic heterocycles. The van der Waals surface area contributed by atoms with Gasteiger partial charge in [-0.2, -0.15) is 0 Å². The quantitative estimate of drug-likeness (QED) is 0.288. The smallest absolute Gasteiger partial charge is 0.133 e. The maximum Gasteiger partial charge on any atom is 0.133 e. The summed E-state index contributed by atoms with van der Waals surface area (Å²) in [6, 6.07) is 17.0. The average Bonchev–Trinajstić information content (AvgIpc) is 2.87. The highest BCUT2D eigenvalue weighted by molar-refractivity contribution is 5.68. The van der Waals surface area contributed by atoms with E-state index in [1.807, 2.05) is 30.6 Å². The number of benzene rings is 1. The van der Waals surface area contributed by atoms with Crippen LogP contribution in [0.4, 0.5) is 17.3 Å². The molecule has 1 unspecified atom stereocenters. The second-order valence-electron chi connectivity index (χ2n) is 9.00. The number of nitrogens with zero attached hydrogens (tertiary/aromatic N) is 4. The van der Waals surface area contributed by atoms with Crippen molar-refractivity contribution in [2.75, 3.05) is 49.9 Å². The highest BCUT2D eigenvalue weighted by atomic mass is 16.1. The van der Waals surface area contributed by atoms with Gasteiger partial charge in [0.1, 0.15) is 17.9 Å². The Morgan fingerprint density at radius 3 is 2.77 bits per heavy atom. The topological polar surface area (TPSA) is 99.4 Å². The fourth-order valence-electron chi connectivity index (χ4n) is 4.37. The number of anilines is 3. The summed E-state index contributed by atoms with van der Waals surface area (Å²) in [6.45, 7) is 7.94. The lowest BCUT2D eigenvalue weighted by Crippen LogP contribution is -2.51. The van der Waals surface area contributed by atoms with Gasteiger partial charge in [-0.25, -0.2) is 9.97 Å². The molecular formula is C27H35N7O. The molecule has 1 aliphatic rings. The molecule has 1 saturated heterocycles. The van der Waals surface area contributed by atoms with Gasteiger partial charge in [-0.1, -0.05) is 12.1 Å². The molecule has 3 aromatic rings. The lowest BCUT2D eigenvalue weighted by molar-refractivity contribution is -0.109. The van der Waals surface area contributed by atoms with Gasteiger partial charge in [-0.15, -0.1) is 0 Å². The van der Waals surface area contributed by atoms with Crippen molar-refractivity contribution in [2.24, 2.45) is 5.73 Å². The van der Waals surface area contributed by atoms with Gasteiger partial charge < -0.3 is 21.2 Å². The van der Waals surface area contributed by atoms with E-state index in [-0.39, 0.29) is 0 Å². The van der Waals surface area contributed by atoms with Crippen LogP contribution in [0.3, 0.4) is 0 Å². The molecule has 0 spiro atoms. The van der Waals surface area contributed by atoms with Gasteiger partial charge >= 0.3 is 0 Å². The lowest BCUT2D eigenvalue weighted by Gasteiger charge is -2.39. The molecule has 0 aliphatic carbocycles. The number of pyridine rings is 2. The van der Waals surface area contributed by atoms with Crippen molar-refractivity contribution in [3.05, 3.63) is 66.5 Å². The summed E-state index contributed by atoms with van der Waals surface area (Å²) in [5.41, 5.74) is 9.91. The standard InChI is InChI=1S/C27H35N7O/c1-21-19-33(14-15-35)12-13-34(21)20-22-4-2-5-25(16-22)32-27-17-23(8-11-30-27)24-6-7-26(31-18-24)29-10-3-9-28/h2,4-8,11,15-18,21H,3,9-10,12-14,19-20,28H2,1H3,(H,29,31)(H,30,32). The van der Waals surface area contributed by atoms with Gasteiger partial charge in [0, 0.05) is 62.4 Å². The average molecular weight is 474 g/mol. The summed E-state index contributed by atoms with van der Waals surface area (Å²) in [4.78, 5) is 24.5. The first-order chi connectivity index (χ1) is 17.1. The van der Waals surface area contributed by atoms with E-state index in [1.54, 1.807) is 0 Å². The van der Waals surface area contributed by atoms with Gasteiger partial charge in [0.05, 0.1) is 6.54 Å². The zero-order chi connectivity index (χ0) is 24.5. The molecule has 8 nitrogen and oxygen atoms in total. The summed E-state index contributed by atoms with van der Waals surface area (Å²) in [6.07, 6.45) is 5.60. The van der Waals surface area contributed by atoms with E-state index in [2.05, 4.69) is 67.7 Å². The first-order valence-electron chi connectivity index (χ1n) is 12.3. The monoisotopic (exact) mass is 473 g/mol. The van der Waals surface area contributed by atoms with Crippen LogP contribution in [0.25, 0.3) is 11.1 Å². The number of nitrogens with one attached hydrogen (secondary N) is 2. The van der Waals surface area contributed by atoms with Crippen LogP contribution < -0.4 is 16.4 Å². The summed E-state index contributed by atoms with van der Waals surface area (Å²) < 4.78 is 0. The van der Waals surface area contributed by atoms with E-state index in [0.717, 1.165) is 73.9 Å². The third kappa shape index (κ3) is 7.08. The Kier molecular flexibility index (Phi) is 8.78. The Labute approximate surface area is 207 Å². The van der Waals surface area contributed by atoms with Crippen LogP contribution >= 0.6 is 0 Å². The van der Waals surface area contributed by atoms with Gasteiger partial charge in [0.2, 0.25) is 0 Å². The largest absolute Gasteiger partial charge is 0.370 e. The number of aromatic nitrogens is 2. The minimum absolute atomic E-state index is 0.412. The summed E-state index contributed by atoms with van der Waals surface area (Å²) in [5.74, 6) is 1.64. The zero-order valence-corrected chi connectivity index (χ0v) is 20.4. The van der Waals surface area contributed by atoms with E-state index in [9.17, 15) is 4.79 Å². The van der Waals surface area contributed by atoms with E-state index in [1.165, 1.54) is 5.56 Å². The SMILES string of the molecule is CC1CN(CC=O)CCN1Cc1cccc(Nc2cc(-c3ccc(NCCCN)nc3)ccn2)c1.